The third-order valence-corrected chi connectivity index (χ3v) is 4.05. The van der Waals surface area contributed by atoms with Crippen molar-refractivity contribution in [2.75, 3.05) is 13.7 Å². The molecule has 25 heavy (non-hydrogen) atoms. The summed E-state index contributed by atoms with van der Waals surface area (Å²) >= 11 is 0. The number of fused-ring (bicyclic) bond motifs is 1. The van der Waals surface area contributed by atoms with Gasteiger partial charge in [-0.25, -0.2) is 9.37 Å². The number of methoxy groups -OCH3 is 1. The lowest BCUT2D eigenvalue weighted by Crippen LogP contribution is -2.31. The number of aromatic nitrogens is 1. The van der Waals surface area contributed by atoms with Crippen molar-refractivity contribution in [2.24, 2.45) is 0 Å². The van der Waals surface area contributed by atoms with E-state index in [9.17, 15) is 9.18 Å². The van der Waals surface area contributed by atoms with E-state index in [1.807, 2.05) is 31.2 Å². The van der Waals surface area contributed by atoms with Crippen LogP contribution in [0.3, 0.4) is 0 Å². The molecular formula is C20H19FN2O2. The Bertz CT molecular complexity index is 911. The number of halogens is 1. The lowest BCUT2D eigenvalue weighted by atomic mass is 10.1. The zero-order valence-electron chi connectivity index (χ0n) is 14.2. The Morgan fingerprint density at radius 2 is 2.00 bits per heavy atom. The second-order valence-electron chi connectivity index (χ2n) is 5.70. The minimum atomic E-state index is -0.307. The topological polar surface area (TPSA) is 42.4 Å². The first-order valence-electron chi connectivity index (χ1n) is 8.09. The van der Waals surface area contributed by atoms with Gasteiger partial charge in [0.15, 0.2) is 0 Å². The van der Waals surface area contributed by atoms with Crippen LogP contribution in [0.2, 0.25) is 0 Å². The summed E-state index contributed by atoms with van der Waals surface area (Å²) < 4.78 is 18.6. The standard InChI is InChI=1S/C20H19FN2O2/c1-3-23(13-14-5-4-6-16(21)11-14)20(24)19-9-7-15-12-17(25-2)8-10-18(15)22-19/h4-12H,3,13H2,1-2H3. The maximum absolute atomic E-state index is 13.4. The number of carbonyl (C=O) groups is 1. The van der Waals surface area contributed by atoms with Crippen molar-refractivity contribution in [3.63, 3.8) is 0 Å². The average molecular weight is 338 g/mol. The molecule has 0 spiro atoms. The minimum absolute atomic E-state index is 0.176. The molecular weight excluding hydrogens is 319 g/mol. The van der Waals surface area contributed by atoms with Crippen LogP contribution in [0.25, 0.3) is 10.9 Å². The Morgan fingerprint density at radius 1 is 1.16 bits per heavy atom. The molecule has 3 rings (SSSR count). The van der Waals surface area contributed by atoms with Gasteiger partial charge in [0, 0.05) is 18.5 Å². The molecule has 0 N–H and O–H groups in total. The Hall–Kier alpha value is -2.95. The van der Waals surface area contributed by atoms with Crippen LogP contribution in [0.4, 0.5) is 4.39 Å². The van der Waals surface area contributed by atoms with Gasteiger partial charge < -0.3 is 9.64 Å². The van der Waals surface area contributed by atoms with Gasteiger partial charge in [0.25, 0.3) is 5.91 Å². The normalized spacial score (nSPS) is 10.7. The van der Waals surface area contributed by atoms with Crippen LogP contribution in [0.15, 0.2) is 54.6 Å². The molecule has 1 amide bonds. The van der Waals surface area contributed by atoms with E-state index >= 15 is 0 Å². The lowest BCUT2D eigenvalue weighted by molar-refractivity contribution is 0.0747. The number of hydrogen-bond donors (Lipinski definition) is 0. The van der Waals surface area contributed by atoms with Gasteiger partial charge >= 0.3 is 0 Å². The van der Waals surface area contributed by atoms with E-state index in [1.54, 1.807) is 30.2 Å². The van der Waals surface area contributed by atoms with Crippen molar-refractivity contribution in [3.8, 4) is 5.75 Å². The summed E-state index contributed by atoms with van der Waals surface area (Å²) in [5, 5.41) is 0.907. The number of pyridine rings is 1. The van der Waals surface area contributed by atoms with Gasteiger partial charge in [-0.3, -0.25) is 4.79 Å². The summed E-state index contributed by atoms with van der Waals surface area (Å²) in [6.45, 7) is 2.75. The molecule has 1 heterocycles. The highest BCUT2D eigenvalue weighted by Gasteiger charge is 2.16. The molecule has 0 atom stereocenters. The molecule has 4 nitrogen and oxygen atoms in total. The summed E-state index contributed by atoms with van der Waals surface area (Å²) in [6.07, 6.45) is 0. The average Bonchev–Trinajstić information content (AvgIpc) is 2.64. The Kier molecular flexibility index (Phi) is 4.93. The van der Waals surface area contributed by atoms with E-state index in [0.29, 0.717) is 18.8 Å². The molecule has 5 heteroatoms. The number of hydrogen-bond acceptors (Lipinski definition) is 3. The van der Waals surface area contributed by atoms with Gasteiger partial charge in [0.1, 0.15) is 17.3 Å². The first-order chi connectivity index (χ1) is 12.1. The molecule has 1 aromatic heterocycles. The predicted molar refractivity (Wildman–Crippen MR) is 95.1 cm³/mol. The van der Waals surface area contributed by atoms with Gasteiger partial charge in [-0.1, -0.05) is 18.2 Å². The van der Waals surface area contributed by atoms with Crippen molar-refractivity contribution in [1.82, 2.24) is 9.88 Å². The SMILES string of the molecule is CCN(Cc1cccc(F)c1)C(=O)c1ccc2cc(OC)ccc2n1. The first-order valence-corrected chi connectivity index (χ1v) is 8.09. The number of benzene rings is 2. The number of carbonyl (C=O) groups excluding carboxylic acids is 1. The molecule has 0 unspecified atom stereocenters. The van der Waals surface area contributed by atoms with E-state index in [1.165, 1.54) is 12.1 Å². The Labute approximate surface area is 145 Å². The van der Waals surface area contributed by atoms with Crippen LogP contribution >= 0.6 is 0 Å². The fourth-order valence-corrected chi connectivity index (χ4v) is 2.69. The molecule has 0 bridgehead atoms. The molecule has 0 aliphatic heterocycles. The molecule has 0 aliphatic carbocycles. The summed E-state index contributed by atoms with van der Waals surface area (Å²) in [5.41, 5.74) is 1.85. The second kappa shape index (κ2) is 7.30. The number of rotatable bonds is 5. The molecule has 2 aromatic carbocycles. The zero-order chi connectivity index (χ0) is 17.8. The second-order valence-corrected chi connectivity index (χ2v) is 5.70. The minimum Gasteiger partial charge on any atom is -0.497 e. The highest BCUT2D eigenvalue weighted by atomic mass is 19.1. The van der Waals surface area contributed by atoms with E-state index in [0.717, 1.165) is 22.2 Å². The van der Waals surface area contributed by atoms with Gasteiger partial charge in [-0.05, 0) is 48.9 Å². The molecule has 0 aliphatic rings. The van der Waals surface area contributed by atoms with E-state index < -0.39 is 0 Å². The molecule has 0 radical (unpaired) electrons. The highest BCUT2D eigenvalue weighted by molar-refractivity contribution is 5.95. The fourth-order valence-electron chi connectivity index (χ4n) is 2.69. The molecule has 0 fully saturated rings. The maximum Gasteiger partial charge on any atom is 0.272 e. The van der Waals surface area contributed by atoms with Crippen LogP contribution in [0, 0.1) is 5.82 Å². The van der Waals surface area contributed by atoms with Crippen LogP contribution < -0.4 is 4.74 Å². The van der Waals surface area contributed by atoms with Crippen molar-refractivity contribution < 1.29 is 13.9 Å². The van der Waals surface area contributed by atoms with E-state index in [4.69, 9.17) is 4.74 Å². The summed E-state index contributed by atoms with van der Waals surface area (Å²) in [4.78, 5) is 18.9. The highest BCUT2D eigenvalue weighted by Crippen LogP contribution is 2.20. The van der Waals surface area contributed by atoms with Crippen LogP contribution in [0.1, 0.15) is 23.0 Å². The zero-order valence-corrected chi connectivity index (χ0v) is 14.2. The number of nitrogens with zero attached hydrogens (tertiary/aromatic N) is 2. The molecule has 0 saturated carbocycles. The van der Waals surface area contributed by atoms with Crippen molar-refractivity contribution in [1.29, 1.82) is 0 Å². The van der Waals surface area contributed by atoms with Crippen molar-refractivity contribution >= 4 is 16.8 Å². The fraction of sp³-hybridized carbons (Fsp3) is 0.200. The Morgan fingerprint density at radius 3 is 2.72 bits per heavy atom. The van der Waals surface area contributed by atoms with Gasteiger partial charge in [0.05, 0.1) is 12.6 Å². The van der Waals surface area contributed by atoms with Crippen LogP contribution in [-0.4, -0.2) is 29.4 Å². The quantitative estimate of drug-likeness (QED) is 0.705. The lowest BCUT2D eigenvalue weighted by Gasteiger charge is -2.20. The number of amides is 1. The summed E-state index contributed by atoms with van der Waals surface area (Å²) in [7, 11) is 1.61. The third-order valence-electron chi connectivity index (χ3n) is 4.05. The van der Waals surface area contributed by atoms with Gasteiger partial charge in [-0.15, -0.1) is 0 Å². The maximum atomic E-state index is 13.4. The summed E-state index contributed by atoms with van der Waals surface area (Å²) in [5.74, 6) is 0.262. The molecule has 128 valence electrons. The monoisotopic (exact) mass is 338 g/mol. The van der Waals surface area contributed by atoms with E-state index in [-0.39, 0.29) is 11.7 Å². The Balaban J connectivity index is 1.86. The molecule has 0 saturated heterocycles. The van der Waals surface area contributed by atoms with Gasteiger partial charge in [0.2, 0.25) is 0 Å². The van der Waals surface area contributed by atoms with Crippen molar-refractivity contribution in [2.45, 2.75) is 13.5 Å². The van der Waals surface area contributed by atoms with Crippen LogP contribution in [-0.2, 0) is 6.54 Å². The number of ether oxygens (including phenoxy) is 1. The summed E-state index contributed by atoms with van der Waals surface area (Å²) in [6, 6.07) is 15.4. The largest absolute Gasteiger partial charge is 0.497 e. The smallest absolute Gasteiger partial charge is 0.272 e. The van der Waals surface area contributed by atoms with Gasteiger partial charge in [-0.2, -0.15) is 0 Å². The first kappa shape index (κ1) is 16.9. The third kappa shape index (κ3) is 3.76. The molecule has 3 aromatic rings. The van der Waals surface area contributed by atoms with Crippen molar-refractivity contribution in [3.05, 3.63) is 71.7 Å². The predicted octanol–water partition coefficient (Wildman–Crippen LogP) is 4.04. The van der Waals surface area contributed by atoms with E-state index in [2.05, 4.69) is 4.98 Å². The van der Waals surface area contributed by atoms with Crippen LogP contribution in [0.5, 0.6) is 5.75 Å².